The van der Waals surface area contributed by atoms with Crippen LogP contribution in [0.4, 0.5) is 0 Å². The van der Waals surface area contributed by atoms with Crippen molar-refractivity contribution in [2.24, 2.45) is 0 Å². The molecule has 0 radical (unpaired) electrons. The highest BCUT2D eigenvalue weighted by molar-refractivity contribution is 7.11. The van der Waals surface area contributed by atoms with E-state index in [1.54, 1.807) is 17.5 Å². The number of likely N-dealkylation sites (tertiary alicyclic amines) is 1. The van der Waals surface area contributed by atoms with Crippen LogP contribution in [0, 0.1) is 6.92 Å². The highest BCUT2D eigenvalue weighted by Gasteiger charge is 2.27. The van der Waals surface area contributed by atoms with Crippen LogP contribution in [0.25, 0.3) is 10.9 Å². The van der Waals surface area contributed by atoms with Crippen LogP contribution < -0.4 is 0 Å². The van der Waals surface area contributed by atoms with Crippen molar-refractivity contribution in [2.75, 3.05) is 13.1 Å². The van der Waals surface area contributed by atoms with Gasteiger partial charge in [0.1, 0.15) is 0 Å². The zero-order valence-corrected chi connectivity index (χ0v) is 14.4. The Hall–Kier alpha value is -2.27. The lowest BCUT2D eigenvalue weighted by Gasteiger charge is -2.32. The fourth-order valence-corrected chi connectivity index (χ4v) is 4.28. The van der Waals surface area contributed by atoms with E-state index in [2.05, 4.69) is 16.9 Å². The first-order valence-electron chi connectivity index (χ1n) is 8.28. The molecule has 3 aromatic rings. The van der Waals surface area contributed by atoms with Crippen molar-refractivity contribution >= 4 is 28.1 Å². The van der Waals surface area contributed by atoms with Gasteiger partial charge in [0.2, 0.25) is 0 Å². The van der Waals surface area contributed by atoms with Crippen LogP contribution in [0.5, 0.6) is 0 Å². The van der Waals surface area contributed by atoms with Gasteiger partial charge in [0.05, 0.1) is 10.5 Å². The van der Waals surface area contributed by atoms with E-state index < -0.39 is 0 Å². The Balaban J connectivity index is 1.61. The summed E-state index contributed by atoms with van der Waals surface area (Å²) in [5.74, 6) is 0.459. The first-order valence-corrected chi connectivity index (χ1v) is 9.09. The molecule has 5 heteroatoms. The van der Waals surface area contributed by atoms with Crippen molar-refractivity contribution in [2.45, 2.75) is 25.7 Å². The van der Waals surface area contributed by atoms with Crippen molar-refractivity contribution in [1.29, 1.82) is 0 Å². The molecule has 0 N–H and O–H groups in total. The monoisotopic (exact) mass is 337 g/mol. The highest BCUT2D eigenvalue weighted by atomic mass is 32.1. The molecule has 122 valence electrons. The van der Waals surface area contributed by atoms with Gasteiger partial charge in [0.25, 0.3) is 5.91 Å². The largest absolute Gasteiger partial charge is 0.338 e. The summed E-state index contributed by atoms with van der Waals surface area (Å²) in [6, 6.07) is 9.62. The number of carbonyl (C=O) groups excluding carboxylic acids is 1. The minimum Gasteiger partial charge on any atom is -0.338 e. The Labute approximate surface area is 145 Å². The minimum absolute atomic E-state index is 0.103. The van der Waals surface area contributed by atoms with Crippen LogP contribution in [-0.4, -0.2) is 33.9 Å². The average molecular weight is 337 g/mol. The highest BCUT2D eigenvalue weighted by Crippen LogP contribution is 2.31. The van der Waals surface area contributed by atoms with E-state index in [0.29, 0.717) is 5.92 Å². The van der Waals surface area contributed by atoms with Gasteiger partial charge in [-0.3, -0.25) is 9.78 Å². The quantitative estimate of drug-likeness (QED) is 0.709. The van der Waals surface area contributed by atoms with E-state index in [1.807, 2.05) is 41.4 Å². The third-order valence-corrected chi connectivity index (χ3v) is 5.65. The number of aromatic nitrogens is 2. The summed E-state index contributed by atoms with van der Waals surface area (Å²) in [5, 5.41) is 2.09. The molecule has 0 bridgehead atoms. The van der Waals surface area contributed by atoms with E-state index in [9.17, 15) is 4.79 Å². The van der Waals surface area contributed by atoms with Crippen LogP contribution in [-0.2, 0) is 0 Å². The molecule has 1 aliphatic heterocycles. The smallest absolute Gasteiger partial charge is 0.254 e. The number of piperidine rings is 1. The summed E-state index contributed by atoms with van der Waals surface area (Å²) in [7, 11) is 0. The number of amides is 1. The second-order valence-electron chi connectivity index (χ2n) is 6.28. The Morgan fingerprint density at radius 3 is 3.00 bits per heavy atom. The number of aryl methyl sites for hydroxylation is 1. The second-order valence-corrected chi connectivity index (χ2v) is 7.54. The predicted octanol–water partition coefficient (Wildman–Crippen LogP) is 4.02. The van der Waals surface area contributed by atoms with Gasteiger partial charge in [-0.1, -0.05) is 12.1 Å². The van der Waals surface area contributed by atoms with Crippen LogP contribution in [0.2, 0.25) is 0 Å². The second kappa shape index (κ2) is 6.32. The number of carbonyl (C=O) groups is 1. The van der Waals surface area contributed by atoms with Crippen molar-refractivity contribution in [3.05, 3.63) is 58.2 Å². The van der Waals surface area contributed by atoms with Crippen molar-refractivity contribution in [3.63, 3.8) is 0 Å². The van der Waals surface area contributed by atoms with Gasteiger partial charge >= 0.3 is 0 Å². The van der Waals surface area contributed by atoms with Crippen molar-refractivity contribution in [3.8, 4) is 0 Å². The Bertz CT molecular complexity index is 884. The van der Waals surface area contributed by atoms with Gasteiger partial charge in [-0.2, -0.15) is 0 Å². The number of benzene rings is 1. The number of nitrogens with zero attached hydrogens (tertiary/aromatic N) is 3. The van der Waals surface area contributed by atoms with E-state index in [0.717, 1.165) is 47.4 Å². The number of hydrogen-bond donors (Lipinski definition) is 0. The first kappa shape index (κ1) is 15.3. The molecule has 4 rings (SSSR count). The number of rotatable bonds is 2. The lowest BCUT2D eigenvalue weighted by Crippen LogP contribution is -2.39. The van der Waals surface area contributed by atoms with Crippen LogP contribution in [0.1, 0.15) is 39.0 Å². The normalized spacial score (nSPS) is 18.0. The molecule has 0 aliphatic carbocycles. The molecule has 1 amide bonds. The van der Waals surface area contributed by atoms with E-state index >= 15 is 0 Å². The molecule has 2 aromatic heterocycles. The summed E-state index contributed by atoms with van der Waals surface area (Å²) in [4.78, 5) is 25.2. The zero-order chi connectivity index (χ0) is 16.5. The minimum atomic E-state index is 0.103. The van der Waals surface area contributed by atoms with Gasteiger partial charge in [-0.05, 0) is 38.0 Å². The molecule has 0 saturated carbocycles. The predicted molar refractivity (Wildman–Crippen MR) is 96.5 cm³/mol. The molecule has 0 unspecified atom stereocenters. The number of pyridine rings is 1. The maximum Gasteiger partial charge on any atom is 0.254 e. The van der Waals surface area contributed by atoms with Gasteiger partial charge in [0, 0.05) is 47.2 Å². The average Bonchev–Trinajstić information content (AvgIpc) is 3.07. The van der Waals surface area contributed by atoms with Crippen LogP contribution in [0.15, 0.2) is 42.7 Å². The number of fused-ring (bicyclic) bond motifs is 1. The maximum absolute atomic E-state index is 13.1. The molecule has 3 heterocycles. The van der Waals surface area contributed by atoms with Gasteiger partial charge in [-0.15, -0.1) is 11.3 Å². The Kier molecular flexibility index (Phi) is 4.02. The molecule has 1 aromatic carbocycles. The lowest BCUT2D eigenvalue weighted by molar-refractivity contribution is 0.0709. The van der Waals surface area contributed by atoms with Crippen molar-refractivity contribution in [1.82, 2.24) is 14.9 Å². The fraction of sp³-hybridized carbons (Fsp3) is 0.316. The molecule has 24 heavy (non-hydrogen) atoms. The van der Waals surface area contributed by atoms with E-state index in [-0.39, 0.29) is 5.91 Å². The summed E-state index contributed by atoms with van der Waals surface area (Å²) >= 11 is 1.75. The van der Waals surface area contributed by atoms with Crippen LogP contribution >= 0.6 is 11.3 Å². The van der Waals surface area contributed by atoms with Crippen LogP contribution in [0.3, 0.4) is 0 Å². The zero-order valence-electron chi connectivity index (χ0n) is 13.6. The van der Waals surface area contributed by atoms with E-state index in [1.165, 1.54) is 4.88 Å². The molecule has 4 nitrogen and oxygen atoms in total. The summed E-state index contributed by atoms with van der Waals surface area (Å²) < 4.78 is 0. The number of hydrogen-bond acceptors (Lipinski definition) is 4. The molecular weight excluding hydrogens is 318 g/mol. The third kappa shape index (κ3) is 2.80. The molecule has 0 spiro atoms. The third-order valence-electron chi connectivity index (χ3n) is 4.57. The molecule has 1 saturated heterocycles. The summed E-state index contributed by atoms with van der Waals surface area (Å²) in [6.07, 6.45) is 5.82. The maximum atomic E-state index is 13.1. The Morgan fingerprint density at radius 2 is 2.17 bits per heavy atom. The molecule has 1 fully saturated rings. The lowest BCUT2D eigenvalue weighted by atomic mass is 9.97. The van der Waals surface area contributed by atoms with Crippen molar-refractivity contribution < 1.29 is 4.79 Å². The fourth-order valence-electron chi connectivity index (χ4n) is 3.38. The Morgan fingerprint density at radius 1 is 1.25 bits per heavy atom. The van der Waals surface area contributed by atoms with Gasteiger partial charge in [0.15, 0.2) is 0 Å². The van der Waals surface area contributed by atoms with E-state index in [4.69, 9.17) is 0 Å². The number of thiazole rings is 1. The van der Waals surface area contributed by atoms with Gasteiger partial charge < -0.3 is 4.90 Å². The SMILES string of the molecule is Cc1cnc([C@H]2CCCN(C(=O)c3cccc4ncccc34)C2)s1. The molecular formula is C19H19N3OS. The van der Waals surface area contributed by atoms with Gasteiger partial charge in [-0.25, -0.2) is 4.98 Å². The molecule has 1 atom stereocenters. The summed E-state index contributed by atoms with van der Waals surface area (Å²) in [5.41, 5.74) is 1.61. The standard InChI is InChI=1S/C19H19N3OS/c1-13-11-21-18(24-13)14-5-4-10-22(12-14)19(23)16-6-2-8-17-15(16)7-3-9-20-17/h2-3,6-9,11,14H,4-5,10,12H2,1H3/t14-/m0/s1. The molecule has 1 aliphatic rings. The summed E-state index contributed by atoms with van der Waals surface area (Å²) in [6.45, 7) is 3.65. The first-order chi connectivity index (χ1) is 11.7. The topological polar surface area (TPSA) is 46.1 Å².